The van der Waals surface area contributed by atoms with Crippen LogP contribution < -0.4 is 5.46 Å². The molecule has 0 bridgehead atoms. The van der Waals surface area contributed by atoms with Crippen LogP contribution in [0.15, 0.2) is 35.8 Å². The van der Waals surface area contributed by atoms with E-state index in [2.05, 4.69) is 92.7 Å². The Morgan fingerprint density at radius 2 is 1.28 bits per heavy atom. The molecule has 0 spiro atoms. The Labute approximate surface area is 195 Å². The highest BCUT2D eigenvalue weighted by molar-refractivity contribution is 6.61. The molecule has 174 valence electrons. The Bertz CT molecular complexity index is 838. The van der Waals surface area contributed by atoms with Crippen molar-refractivity contribution >= 4 is 19.7 Å². The van der Waals surface area contributed by atoms with Gasteiger partial charge >= 0.3 is 14.2 Å². The Balaban J connectivity index is 1.42. The van der Waals surface area contributed by atoms with Crippen LogP contribution in [-0.2, 0) is 18.6 Å². The fraction of sp³-hybridized carbons (Fsp3) is 0.692. The smallest absolute Gasteiger partial charge is 0.402 e. The largest absolute Gasteiger partial charge is 0.494 e. The minimum atomic E-state index is -0.327. The predicted octanol–water partition coefficient (Wildman–Crippen LogP) is 5.45. The molecule has 1 aromatic rings. The molecule has 2 heterocycles. The van der Waals surface area contributed by atoms with Gasteiger partial charge in [-0.3, -0.25) is 0 Å². The minimum Gasteiger partial charge on any atom is -0.402 e. The van der Waals surface area contributed by atoms with Crippen LogP contribution in [0, 0.1) is 5.92 Å². The lowest BCUT2D eigenvalue weighted by Gasteiger charge is -2.49. The van der Waals surface area contributed by atoms with E-state index in [1.807, 2.05) is 0 Å². The topological polar surface area (TPSA) is 36.9 Å². The summed E-state index contributed by atoms with van der Waals surface area (Å²) in [5.41, 5.74) is 2.72. The maximum absolute atomic E-state index is 6.34. The van der Waals surface area contributed by atoms with E-state index in [9.17, 15) is 0 Å². The fourth-order valence-corrected chi connectivity index (χ4v) is 5.04. The quantitative estimate of drug-likeness (QED) is 0.589. The summed E-state index contributed by atoms with van der Waals surface area (Å²) in [5.74, 6) is 0.828. The molecule has 6 heteroatoms. The van der Waals surface area contributed by atoms with Crippen LogP contribution in [0.25, 0.3) is 0 Å². The molecule has 0 radical (unpaired) electrons. The van der Waals surface area contributed by atoms with Crippen LogP contribution in [-0.4, -0.2) is 36.6 Å². The molecule has 1 aliphatic carbocycles. The number of hydrogen-bond acceptors (Lipinski definition) is 4. The summed E-state index contributed by atoms with van der Waals surface area (Å²) in [6, 6.07) is 8.85. The number of rotatable bonds is 3. The van der Waals surface area contributed by atoms with Gasteiger partial charge < -0.3 is 18.6 Å². The third-order valence-corrected chi connectivity index (χ3v) is 8.59. The van der Waals surface area contributed by atoms with Gasteiger partial charge in [0.2, 0.25) is 0 Å². The molecule has 1 aromatic carbocycles. The highest BCUT2D eigenvalue weighted by Crippen LogP contribution is 2.42. The van der Waals surface area contributed by atoms with E-state index in [1.165, 1.54) is 11.0 Å². The van der Waals surface area contributed by atoms with Crippen molar-refractivity contribution in [2.75, 3.05) is 0 Å². The lowest BCUT2D eigenvalue weighted by atomic mass is 9.68. The third kappa shape index (κ3) is 4.36. The molecule has 0 amide bonds. The van der Waals surface area contributed by atoms with Gasteiger partial charge in [0, 0.05) is 5.92 Å². The van der Waals surface area contributed by atoms with Gasteiger partial charge in [0.1, 0.15) is 0 Å². The first kappa shape index (κ1) is 24.1. The number of allylic oxidation sites excluding steroid dienone is 2. The Morgan fingerprint density at radius 1 is 0.750 bits per heavy atom. The molecule has 0 aromatic heterocycles. The second-order valence-electron chi connectivity index (χ2n) is 12.0. The molecule has 4 nitrogen and oxygen atoms in total. The van der Waals surface area contributed by atoms with Crippen molar-refractivity contribution in [2.24, 2.45) is 5.92 Å². The lowest BCUT2D eigenvalue weighted by molar-refractivity contribution is -0.122. The molecular weight excluding hydrogens is 398 g/mol. The van der Waals surface area contributed by atoms with Crippen LogP contribution in [0.2, 0.25) is 0 Å². The summed E-state index contributed by atoms with van der Waals surface area (Å²) in [5, 5.41) is 0. The zero-order valence-corrected chi connectivity index (χ0v) is 21.5. The Morgan fingerprint density at radius 3 is 1.75 bits per heavy atom. The van der Waals surface area contributed by atoms with Crippen molar-refractivity contribution in [3.05, 3.63) is 41.4 Å². The van der Waals surface area contributed by atoms with Crippen molar-refractivity contribution in [2.45, 2.75) is 110 Å². The van der Waals surface area contributed by atoms with E-state index in [1.54, 1.807) is 0 Å². The molecule has 0 saturated carbocycles. The van der Waals surface area contributed by atoms with Crippen molar-refractivity contribution in [3.63, 3.8) is 0 Å². The average molecular weight is 438 g/mol. The summed E-state index contributed by atoms with van der Waals surface area (Å²) in [6.07, 6.45) is 5.48. The lowest BCUT2D eigenvalue weighted by Crippen LogP contribution is -2.61. The second kappa shape index (κ2) is 8.01. The van der Waals surface area contributed by atoms with Gasteiger partial charge in [0.25, 0.3) is 0 Å². The van der Waals surface area contributed by atoms with E-state index >= 15 is 0 Å². The van der Waals surface area contributed by atoms with E-state index in [0.717, 1.165) is 24.7 Å². The van der Waals surface area contributed by atoms with Crippen LogP contribution in [0.3, 0.4) is 0 Å². The maximum atomic E-state index is 6.34. The van der Waals surface area contributed by atoms with Gasteiger partial charge in [-0.1, -0.05) is 37.3 Å². The highest BCUT2D eigenvalue weighted by atomic mass is 16.7. The van der Waals surface area contributed by atoms with Gasteiger partial charge in [0.05, 0.1) is 22.4 Å². The Kier molecular flexibility index (Phi) is 6.02. The van der Waals surface area contributed by atoms with Crippen LogP contribution >= 0.6 is 0 Å². The molecule has 2 saturated heterocycles. The SMILES string of the molecule is CC1C(C)(C)OB(c2ccc(C3CC=C(B4OC(C)(C)C(C)(C)O4)CC3)cc2)OC1(C)C. The molecule has 4 rings (SSSR count). The first-order valence-electron chi connectivity index (χ1n) is 12.2. The van der Waals surface area contributed by atoms with E-state index in [0.29, 0.717) is 11.8 Å². The summed E-state index contributed by atoms with van der Waals surface area (Å²) >= 11 is 0. The molecule has 1 unspecified atom stereocenters. The zero-order chi connectivity index (χ0) is 23.5. The monoisotopic (exact) mass is 438 g/mol. The normalized spacial score (nSPS) is 29.2. The highest BCUT2D eigenvalue weighted by Gasteiger charge is 2.52. The van der Waals surface area contributed by atoms with Gasteiger partial charge in [-0.05, 0) is 97.1 Å². The molecular formula is C26H40B2O4. The first-order chi connectivity index (χ1) is 14.7. The van der Waals surface area contributed by atoms with Crippen LogP contribution in [0.5, 0.6) is 0 Å². The van der Waals surface area contributed by atoms with Crippen molar-refractivity contribution in [1.82, 2.24) is 0 Å². The number of benzene rings is 1. The molecule has 1 atom stereocenters. The summed E-state index contributed by atoms with van der Waals surface area (Å²) in [4.78, 5) is 0. The maximum Gasteiger partial charge on any atom is 0.494 e. The summed E-state index contributed by atoms with van der Waals surface area (Å²) in [7, 11) is -0.537. The summed E-state index contributed by atoms with van der Waals surface area (Å²) < 4.78 is 25.2. The Hall–Kier alpha value is -1.07. The van der Waals surface area contributed by atoms with Gasteiger partial charge in [0.15, 0.2) is 0 Å². The summed E-state index contributed by atoms with van der Waals surface area (Å²) in [6.45, 7) is 19.3. The fourth-order valence-electron chi connectivity index (χ4n) is 5.04. The van der Waals surface area contributed by atoms with Crippen LogP contribution in [0.4, 0.5) is 0 Å². The number of hydrogen-bond donors (Lipinski definition) is 0. The third-order valence-electron chi connectivity index (χ3n) is 8.59. The van der Waals surface area contributed by atoms with E-state index < -0.39 is 0 Å². The molecule has 2 fully saturated rings. The van der Waals surface area contributed by atoms with E-state index in [4.69, 9.17) is 18.6 Å². The van der Waals surface area contributed by atoms with Crippen molar-refractivity contribution < 1.29 is 18.6 Å². The van der Waals surface area contributed by atoms with Crippen molar-refractivity contribution in [3.8, 4) is 0 Å². The van der Waals surface area contributed by atoms with Crippen molar-refractivity contribution in [1.29, 1.82) is 0 Å². The van der Waals surface area contributed by atoms with Crippen LogP contribution in [0.1, 0.15) is 93.1 Å². The van der Waals surface area contributed by atoms with Gasteiger partial charge in [-0.2, -0.15) is 0 Å². The molecule has 32 heavy (non-hydrogen) atoms. The second-order valence-corrected chi connectivity index (χ2v) is 12.0. The molecule has 0 N–H and O–H groups in total. The average Bonchev–Trinajstić information content (AvgIpc) is 2.93. The minimum absolute atomic E-state index is 0.210. The van der Waals surface area contributed by atoms with Gasteiger partial charge in [-0.25, -0.2) is 0 Å². The first-order valence-corrected chi connectivity index (χ1v) is 12.2. The molecule has 3 aliphatic rings. The molecule has 2 aliphatic heterocycles. The van der Waals surface area contributed by atoms with Gasteiger partial charge in [-0.15, -0.1) is 0 Å². The zero-order valence-electron chi connectivity index (χ0n) is 21.5. The predicted molar refractivity (Wildman–Crippen MR) is 132 cm³/mol. The standard InChI is InChI=1S/C26H40B2O4/c1-18-23(2,3)29-27(30-24(18,4)5)21-14-10-19(11-15-21)20-12-16-22(17-13-20)28-31-25(6,7)26(8,9)32-28/h10-11,14-16,18,20H,12-13,17H2,1-9H3. The van der Waals surface area contributed by atoms with E-state index in [-0.39, 0.29) is 36.6 Å².